The predicted octanol–water partition coefficient (Wildman–Crippen LogP) is 1.66. The Kier molecular flexibility index (Phi) is 3.26. The van der Waals surface area contributed by atoms with Crippen molar-refractivity contribution in [1.82, 2.24) is 0 Å². The van der Waals surface area contributed by atoms with Crippen LogP contribution in [-0.2, 0) is 0 Å². The average molecular weight is 160 g/mol. The Bertz CT molecular complexity index is 279. The van der Waals surface area contributed by atoms with Crippen molar-refractivity contribution in [2.45, 2.75) is 0 Å². The molecule has 0 aromatic heterocycles. The molecule has 0 saturated heterocycles. The first-order valence-electron chi connectivity index (χ1n) is 3.74. The molecule has 2 aromatic carbocycles. The summed E-state index contributed by atoms with van der Waals surface area (Å²) in [6.07, 6.45) is 0. The minimum Gasteiger partial charge on any atom is -0.274 e. The van der Waals surface area contributed by atoms with E-state index in [0.29, 0.717) is 0 Å². The zero-order valence-electron chi connectivity index (χ0n) is 6.77. The van der Waals surface area contributed by atoms with Crippen LogP contribution in [-0.4, -0.2) is 0 Å². The zero-order valence-corrected chi connectivity index (χ0v) is 6.77. The quantitative estimate of drug-likeness (QED) is 0.455. The molecule has 2 heteroatoms. The van der Waals surface area contributed by atoms with Gasteiger partial charge in [0.2, 0.25) is 0 Å². The lowest BCUT2D eigenvalue weighted by Gasteiger charge is -1.92. The van der Waals surface area contributed by atoms with Crippen LogP contribution in [0.25, 0.3) is 10.8 Å². The van der Waals surface area contributed by atoms with Crippen LogP contribution in [0.1, 0.15) is 0 Å². The Morgan fingerprint density at radius 1 is 0.583 bits per heavy atom. The van der Waals surface area contributed by atoms with Gasteiger partial charge in [0.1, 0.15) is 0 Å². The number of rotatable bonds is 0. The number of hydrazine groups is 1. The molecule has 0 heterocycles. The highest BCUT2D eigenvalue weighted by Crippen LogP contribution is 2.11. The van der Waals surface area contributed by atoms with E-state index in [1.54, 1.807) is 0 Å². The van der Waals surface area contributed by atoms with Crippen molar-refractivity contribution in [2.75, 3.05) is 0 Å². The van der Waals surface area contributed by atoms with Gasteiger partial charge in [-0.2, -0.15) is 0 Å². The van der Waals surface area contributed by atoms with Crippen LogP contribution in [0.5, 0.6) is 0 Å². The summed E-state index contributed by atoms with van der Waals surface area (Å²) in [6, 6.07) is 16.7. The first kappa shape index (κ1) is 8.71. The van der Waals surface area contributed by atoms with Gasteiger partial charge in [-0.05, 0) is 10.8 Å². The summed E-state index contributed by atoms with van der Waals surface area (Å²) in [4.78, 5) is 0. The van der Waals surface area contributed by atoms with Crippen molar-refractivity contribution in [1.29, 1.82) is 0 Å². The maximum atomic E-state index is 4.00. The molecule has 0 saturated carbocycles. The van der Waals surface area contributed by atoms with Gasteiger partial charge in [0, 0.05) is 0 Å². The predicted molar refractivity (Wildman–Crippen MR) is 52.3 cm³/mol. The highest BCUT2D eigenvalue weighted by molar-refractivity contribution is 5.81. The first-order valence-corrected chi connectivity index (χ1v) is 3.74. The lowest BCUT2D eigenvalue weighted by Crippen LogP contribution is -2.02. The molecule has 0 aliphatic heterocycles. The lowest BCUT2D eigenvalue weighted by molar-refractivity contribution is 1.26. The number of fused-ring (bicyclic) bond motifs is 1. The Labute approximate surface area is 71.8 Å². The van der Waals surface area contributed by atoms with E-state index >= 15 is 0 Å². The van der Waals surface area contributed by atoms with Gasteiger partial charge in [0.15, 0.2) is 0 Å². The van der Waals surface area contributed by atoms with E-state index in [0.717, 1.165) is 0 Å². The number of hydrogen-bond acceptors (Lipinski definition) is 2. The molecule has 12 heavy (non-hydrogen) atoms. The summed E-state index contributed by atoms with van der Waals surface area (Å²) < 4.78 is 0. The van der Waals surface area contributed by atoms with E-state index in [-0.39, 0.29) is 0 Å². The Hall–Kier alpha value is -1.38. The second kappa shape index (κ2) is 4.49. The van der Waals surface area contributed by atoms with Gasteiger partial charge in [-0.3, -0.25) is 11.7 Å². The van der Waals surface area contributed by atoms with Crippen LogP contribution in [0.15, 0.2) is 48.5 Å². The van der Waals surface area contributed by atoms with Gasteiger partial charge >= 0.3 is 0 Å². The monoisotopic (exact) mass is 160 g/mol. The van der Waals surface area contributed by atoms with Crippen molar-refractivity contribution in [3.05, 3.63) is 48.5 Å². The van der Waals surface area contributed by atoms with E-state index < -0.39 is 0 Å². The molecule has 0 aliphatic carbocycles. The molecule has 4 N–H and O–H groups in total. The topological polar surface area (TPSA) is 52.0 Å². The molecule has 0 amide bonds. The minimum atomic E-state index is 1.31. The van der Waals surface area contributed by atoms with Crippen LogP contribution in [0.2, 0.25) is 0 Å². The van der Waals surface area contributed by atoms with Crippen LogP contribution in [0, 0.1) is 0 Å². The van der Waals surface area contributed by atoms with Crippen molar-refractivity contribution in [2.24, 2.45) is 11.7 Å². The number of benzene rings is 2. The highest BCUT2D eigenvalue weighted by atomic mass is 15.0. The lowest BCUT2D eigenvalue weighted by atomic mass is 10.1. The minimum absolute atomic E-state index is 1.31. The summed E-state index contributed by atoms with van der Waals surface area (Å²) in [6.45, 7) is 0. The van der Waals surface area contributed by atoms with E-state index in [9.17, 15) is 0 Å². The molecule has 0 aliphatic rings. The van der Waals surface area contributed by atoms with Crippen LogP contribution in [0.3, 0.4) is 0 Å². The third-order valence-electron chi connectivity index (χ3n) is 1.66. The summed E-state index contributed by atoms with van der Waals surface area (Å²) in [7, 11) is 0. The molecule has 2 rings (SSSR count). The molecule has 0 bridgehead atoms. The second-order valence-electron chi connectivity index (χ2n) is 2.35. The fourth-order valence-corrected chi connectivity index (χ4v) is 1.13. The summed E-state index contributed by atoms with van der Waals surface area (Å²) in [5.74, 6) is 8.00. The van der Waals surface area contributed by atoms with Crippen LogP contribution in [0.4, 0.5) is 0 Å². The van der Waals surface area contributed by atoms with E-state index in [4.69, 9.17) is 0 Å². The van der Waals surface area contributed by atoms with Crippen molar-refractivity contribution >= 4 is 10.8 Å². The summed E-state index contributed by atoms with van der Waals surface area (Å²) >= 11 is 0. The van der Waals surface area contributed by atoms with E-state index in [1.807, 2.05) is 0 Å². The van der Waals surface area contributed by atoms with Crippen LogP contribution < -0.4 is 11.7 Å². The average Bonchev–Trinajstić information content (AvgIpc) is 2.21. The van der Waals surface area contributed by atoms with Gasteiger partial charge < -0.3 is 0 Å². The molecule has 0 spiro atoms. The Morgan fingerprint density at radius 3 is 1.08 bits per heavy atom. The highest BCUT2D eigenvalue weighted by Gasteiger charge is 1.85. The molecule has 0 fully saturated rings. The van der Waals surface area contributed by atoms with Gasteiger partial charge in [-0.15, -0.1) is 0 Å². The zero-order chi connectivity index (χ0) is 8.81. The second-order valence-corrected chi connectivity index (χ2v) is 2.35. The summed E-state index contributed by atoms with van der Waals surface area (Å²) in [5, 5.41) is 2.62. The van der Waals surface area contributed by atoms with E-state index in [2.05, 4.69) is 60.2 Å². The molecule has 2 aromatic rings. The standard InChI is InChI=1S/C10H8.H4N2/c1-2-6-10-8-4-3-7-9(10)5-1;1-2/h1-8H;1-2H2. The van der Waals surface area contributed by atoms with Gasteiger partial charge in [0.25, 0.3) is 0 Å². The Balaban J connectivity index is 0.000000336. The van der Waals surface area contributed by atoms with Gasteiger partial charge in [-0.25, -0.2) is 0 Å². The largest absolute Gasteiger partial charge is 0.274 e. The smallest absolute Gasteiger partial charge is 0.0184 e. The fraction of sp³-hybridized carbons (Fsp3) is 0. The van der Waals surface area contributed by atoms with Crippen molar-refractivity contribution in [3.8, 4) is 0 Å². The van der Waals surface area contributed by atoms with Crippen molar-refractivity contribution < 1.29 is 0 Å². The third-order valence-corrected chi connectivity index (χ3v) is 1.66. The fourth-order valence-electron chi connectivity index (χ4n) is 1.13. The molecular weight excluding hydrogens is 148 g/mol. The number of hydrogen-bond donors (Lipinski definition) is 2. The first-order chi connectivity index (χ1) is 5.97. The Morgan fingerprint density at radius 2 is 0.833 bits per heavy atom. The molecule has 0 atom stereocenters. The molecule has 0 unspecified atom stereocenters. The number of nitrogens with two attached hydrogens (primary N) is 2. The van der Waals surface area contributed by atoms with Crippen molar-refractivity contribution in [3.63, 3.8) is 0 Å². The SMILES string of the molecule is NN.c1ccc2ccccc2c1. The maximum absolute atomic E-state index is 4.00. The normalized spacial score (nSPS) is 8.83. The summed E-state index contributed by atoms with van der Waals surface area (Å²) in [5.41, 5.74) is 0. The molecular formula is C10H12N2. The molecule has 2 nitrogen and oxygen atoms in total. The van der Waals surface area contributed by atoms with E-state index in [1.165, 1.54) is 10.8 Å². The molecule has 62 valence electrons. The van der Waals surface area contributed by atoms with Gasteiger partial charge in [0.05, 0.1) is 0 Å². The van der Waals surface area contributed by atoms with Gasteiger partial charge in [-0.1, -0.05) is 48.5 Å². The third kappa shape index (κ3) is 1.81. The van der Waals surface area contributed by atoms with Crippen LogP contribution >= 0.6 is 0 Å². The maximum Gasteiger partial charge on any atom is -0.0184 e. The molecule has 0 radical (unpaired) electrons.